The Morgan fingerprint density at radius 3 is 2.39 bits per heavy atom. The number of benzene rings is 1. The van der Waals surface area contributed by atoms with Crippen LogP contribution < -0.4 is 5.32 Å². The molecule has 2 N–H and O–H groups in total. The first kappa shape index (κ1) is 18.2. The van der Waals surface area contributed by atoms with E-state index in [2.05, 4.69) is 17.5 Å². The molecular formula is C21H19N5OS. The highest BCUT2D eigenvalue weighted by Gasteiger charge is 2.54. The largest absolute Gasteiger partial charge is 0.345 e. The summed E-state index contributed by atoms with van der Waals surface area (Å²) >= 11 is 1.54. The van der Waals surface area contributed by atoms with Gasteiger partial charge < -0.3 is 5.32 Å². The van der Waals surface area contributed by atoms with Crippen molar-refractivity contribution in [1.29, 1.82) is 15.9 Å². The number of nitrogens with zero attached hydrogens (tertiary/aromatic N) is 3. The molecule has 0 spiro atoms. The lowest BCUT2D eigenvalue weighted by Crippen LogP contribution is -2.64. The van der Waals surface area contributed by atoms with Gasteiger partial charge in [0.15, 0.2) is 5.96 Å². The zero-order valence-corrected chi connectivity index (χ0v) is 16.4. The normalized spacial score (nSPS) is 24.4. The number of guanidine groups is 1. The quantitative estimate of drug-likeness (QED) is 0.839. The van der Waals surface area contributed by atoms with Crippen LogP contribution in [-0.2, 0) is 10.3 Å². The van der Waals surface area contributed by atoms with Gasteiger partial charge in [0.05, 0.1) is 34.7 Å². The minimum Gasteiger partial charge on any atom is -0.345 e. The van der Waals surface area contributed by atoms with E-state index in [0.29, 0.717) is 17.0 Å². The molecule has 4 rings (SSSR count). The van der Waals surface area contributed by atoms with Crippen LogP contribution in [0.3, 0.4) is 0 Å². The van der Waals surface area contributed by atoms with Crippen LogP contribution in [0.4, 0.5) is 0 Å². The second-order valence-corrected chi connectivity index (χ2v) is 8.52. The third-order valence-electron chi connectivity index (χ3n) is 5.66. The van der Waals surface area contributed by atoms with Crippen LogP contribution in [0.5, 0.6) is 0 Å². The molecule has 28 heavy (non-hydrogen) atoms. The first-order valence-electron chi connectivity index (χ1n) is 9.06. The standard InChI is InChI=1S/C21H19N5OS/c1-21(18(14-3-4-14)19(27)26(2)20(24)25-21)17-8-16(11-28-17)15-6-12(9-22)5-13(7-15)10-23/h5-8,11,14,18H,3-4H2,1-2H3,(H2,24,25)/t18-,21+/m0/s1. The summed E-state index contributed by atoms with van der Waals surface area (Å²) in [7, 11) is 1.64. The van der Waals surface area contributed by atoms with Gasteiger partial charge in [-0.05, 0) is 66.5 Å². The Balaban J connectivity index is 1.76. The van der Waals surface area contributed by atoms with Crippen LogP contribution in [0.25, 0.3) is 11.1 Å². The lowest BCUT2D eigenvalue weighted by molar-refractivity contribution is -0.136. The van der Waals surface area contributed by atoms with Gasteiger partial charge in [-0.2, -0.15) is 10.5 Å². The maximum atomic E-state index is 12.9. The number of nitriles is 2. The highest BCUT2D eigenvalue weighted by Crippen LogP contribution is 2.49. The van der Waals surface area contributed by atoms with Crippen LogP contribution in [-0.4, -0.2) is 23.8 Å². The third kappa shape index (κ3) is 2.85. The van der Waals surface area contributed by atoms with Crippen molar-refractivity contribution in [2.24, 2.45) is 11.8 Å². The van der Waals surface area contributed by atoms with E-state index in [1.54, 1.807) is 25.2 Å². The first-order chi connectivity index (χ1) is 13.4. The van der Waals surface area contributed by atoms with Crippen LogP contribution in [0, 0.1) is 39.9 Å². The fourth-order valence-electron chi connectivity index (χ4n) is 3.97. The summed E-state index contributed by atoms with van der Waals surface area (Å²) in [6.45, 7) is 2.00. The number of hydrogen-bond acceptors (Lipinski definition) is 5. The molecule has 2 aromatic rings. The van der Waals surface area contributed by atoms with Gasteiger partial charge in [0.25, 0.3) is 0 Å². The maximum absolute atomic E-state index is 12.9. The van der Waals surface area contributed by atoms with Crippen LogP contribution in [0.1, 0.15) is 35.8 Å². The lowest BCUT2D eigenvalue weighted by atomic mass is 9.78. The van der Waals surface area contributed by atoms with Gasteiger partial charge in [0.2, 0.25) is 5.91 Å². The maximum Gasteiger partial charge on any atom is 0.235 e. The van der Waals surface area contributed by atoms with E-state index >= 15 is 0 Å². The van der Waals surface area contributed by atoms with Crippen molar-refractivity contribution >= 4 is 23.2 Å². The molecule has 0 radical (unpaired) electrons. The molecule has 1 saturated carbocycles. The van der Waals surface area contributed by atoms with Crippen molar-refractivity contribution in [3.05, 3.63) is 45.6 Å². The van der Waals surface area contributed by atoms with Gasteiger partial charge in [-0.15, -0.1) is 11.3 Å². The molecule has 1 amide bonds. The van der Waals surface area contributed by atoms with E-state index < -0.39 is 5.54 Å². The van der Waals surface area contributed by atoms with E-state index in [1.807, 2.05) is 18.4 Å². The predicted molar refractivity (Wildman–Crippen MR) is 106 cm³/mol. The van der Waals surface area contributed by atoms with Crippen molar-refractivity contribution < 1.29 is 4.79 Å². The second kappa shape index (κ2) is 6.47. The molecule has 1 saturated heterocycles. The minimum absolute atomic E-state index is 0.0121. The molecule has 140 valence electrons. The number of hydrogen-bond donors (Lipinski definition) is 2. The molecule has 2 atom stereocenters. The Hall–Kier alpha value is -3.16. The van der Waals surface area contributed by atoms with Gasteiger partial charge in [0, 0.05) is 11.9 Å². The predicted octanol–water partition coefficient (Wildman–Crippen LogP) is 3.40. The van der Waals surface area contributed by atoms with Crippen LogP contribution >= 0.6 is 11.3 Å². The summed E-state index contributed by atoms with van der Waals surface area (Å²) in [5.74, 6) is 0.218. The van der Waals surface area contributed by atoms with E-state index in [4.69, 9.17) is 5.41 Å². The van der Waals surface area contributed by atoms with E-state index in [9.17, 15) is 15.3 Å². The van der Waals surface area contributed by atoms with Gasteiger partial charge in [-0.1, -0.05) is 0 Å². The molecule has 6 nitrogen and oxygen atoms in total. The highest BCUT2D eigenvalue weighted by atomic mass is 32.1. The lowest BCUT2D eigenvalue weighted by Gasteiger charge is -2.45. The summed E-state index contributed by atoms with van der Waals surface area (Å²) in [6, 6.07) is 11.3. The molecule has 7 heteroatoms. The van der Waals surface area contributed by atoms with Gasteiger partial charge >= 0.3 is 0 Å². The Morgan fingerprint density at radius 1 is 1.18 bits per heavy atom. The molecule has 1 aromatic carbocycles. The number of amides is 1. The summed E-state index contributed by atoms with van der Waals surface area (Å²) in [6.07, 6.45) is 2.06. The number of thiophene rings is 1. The second-order valence-electron chi connectivity index (χ2n) is 7.61. The van der Waals surface area contributed by atoms with Crippen molar-refractivity contribution in [3.63, 3.8) is 0 Å². The number of rotatable bonds is 3. The molecular weight excluding hydrogens is 370 g/mol. The van der Waals surface area contributed by atoms with Gasteiger partial charge in [-0.25, -0.2) is 0 Å². The first-order valence-corrected chi connectivity index (χ1v) is 9.94. The highest BCUT2D eigenvalue weighted by molar-refractivity contribution is 7.10. The minimum atomic E-state index is -0.643. The Labute approximate surface area is 167 Å². The Morgan fingerprint density at radius 2 is 1.82 bits per heavy atom. The molecule has 1 aliphatic heterocycles. The van der Waals surface area contributed by atoms with E-state index in [1.165, 1.54) is 16.2 Å². The SMILES string of the molecule is CN1C(=N)N[C@](C)(c2cc(-c3cc(C#N)cc(C#N)c3)cs2)[C@@H](C2CC2)C1=O. The topological polar surface area (TPSA) is 104 Å². The number of carbonyl (C=O) groups excluding carboxylic acids is 1. The molecule has 0 unspecified atom stereocenters. The average Bonchev–Trinajstić information content (AvgIpc) is 3.38. The van der Waals surface area contributed by atoms with Crippen LogP contribution in [0.2, 0.25) is 0 Å². The van der Waals surface area contributed by atoms with Crippen molar-refractivity contribution in [1.82, 2.24) is 10.2 Å². The fourth-order valence-corrected chi connectivity index (χ4v) is 5.05. The molecule has 2 aliphatic rings. The van der Waals surface area contributed by atoms with Gasteiger partial charge in [0.1, 0.15) is 0 Å². The third-order valence-corrected chi connectivity index (χ3v) is 6.83. The van der Waals surface area contributed by atoms with Crippen molar-refractivity contribution in [3.8, 4) is 23.3 Å². The van der Waals surface area contributed by atoms with E-state index in [-0.39, 0.29) is 17.8 Å². The number of nitrogens with one attached hydrogen (secondary N) is 2. The summed E-state index contributed by atoms with van der Waals surface area (Å²) in [4.78, 5) is 15.3. The van der Waals surface area contributed by atoms with Crippen molar-refractivity contribution in [2.45, 2.75) is 25.3 Å². The average molecular weight is 389 g/mol. The smallest absolute Gasteiger partial charge is 0.235 e. The van der Waals surface area contributed by atoms with Gasteiger partial charge in [-0.3, -0.25) is 15.1 Å². The zero-order chi connectivity index (χ0) is 20.1. The summed E-state index contributed by atoms with van der Waals surface area (Å²) in [5.41, 5.74) is 1.95. The molecule has 1 aliphatic carbocycles. The van der Waals surface area contributed by atoms with Crippen LogP contribution in [0.15, 0.2) is 29.6 Å². The summed E-state index contributed by atoms with van der Waals surface area (Å²) < 4.78 is 0. The molecule has 1 aromatic heterocycles. The summed E-state index contributed by atoms with van der Waals surface area (Å²) in [5, 5.41) is 31.9. The number of carbonyl (C=O) groups is 1. The van der Waals surface area contributed by atoms with Crippen molar-refractivity contribution in [2.75, 3.05) is 7.05 Å². The zero-order valence-electron chi connectivity index (χ0n) is 15.6. The Kier molecular flexibility index (Phi) is 4.21. The van der Waals surface area contributed by atoms with E-state index in [0.717, 1.165) is 28.8 Å². The fraction of sp³-hybridized carbons (Fsp3) is 0.333. The molecule has 2 heterocycles. The monoisotopic (exact) mass is 389 g/mol. The molecule has 0 bridgehead atoms. The molecule has 2 fully saturated rings. The Bertz CT molecular complexity index is 1040.